The average Bonchev–Trinajstić information content (AvgIpc) is 2.87. The third-order valence-corrected chi connectivity index (χ3v) is 6.33. The Hall–Kier alpha value is -3.76. The molecule has 4 heteroatoms. The van der Waals surface area contributed by atoms with Crippen LogP contribution in [0.1, 0.15) is 16.7 Å². The summed E-state index contributed by atoms with van der Waals surface area (Å²) in [5, 5.41) is 8.74. The second-order valence-corrected chi connectivity index (χ2v) is 8.99. The van der Waals surface area contributed by atoms with Gasteiger partial charge in [-0.2, -0.15) is 0 Å². The molecule has 0 heterocycles. The smallest absolute Gasteiger partial charge is 0.341 e. The lowest BCUT2D eigenvalue weighted by Crippen LogP contribution is -2.09. The predicted molar refractivity (Wildman–Crippen MR) is 140 cm³/mol. The number of rotatable bonds is 9. The third-order valence-electron chi connectivity index (χ3n) is 5.39. The van der Waals surface area contributed by atoms with Gasteiger partial charge in [0.05, 0.1) is 0 Å². The minimum Gasteiger partial charge on any atom is -0.482 e. The van der Waals surface area contributed by atoms with Crippen molar-refractivity contribution >= 4 is 23.3 Å². The summed E-state index contributed by atoms with van der Waals surface area (Å²) < 4.78 is 5.21. The third kappa shape index (κ3) is 6.40. The van der Waals surface area contributed by atoms with E-state index < -0.39 is 5.97 Å². The Morgan fingerprint density at radius 3 is 2.00 bits per heavy atom. The molecule has 0 spiro atoms. The molecule has 34 heavy (non-hydrogen) atoms. The molecule has 0 radical (unpaired) electrons. The minimum atomic E-state index is -0.982. The fraction of sp³-hybridized carbons (Fsp3) is 0.100. The zero-order chi connectivity index (χ0) is 23.8. The van der Waals surface area contributed by atoms with Crippen molar-refractivity contribution in [2.75, 3.05) is 12.4 Å². The number of carboxylic acids is 1. The van der Waals surface area contributed by atoms with E-state index in [1.54, 1.807) is 23.9 Å². The quantitative estimate of drug-likeness (QED) is 0.262. The van der Waals surface area contributed by atoms with E-state index in [4.69, 9.17) is 9.84 Å². The molecule has 0 aliphatic heterocycles. The van der Waals surface area contributed by atoms with Crippen LogP contribution in [0.4, 0.5) is 0 Å². The van der Waals surface area contributed by atoms with E-state index in [-0.39, 0.29) is 6.61 Å². The molecule has 0 saturated heterocycles. The van der Waals surface area contributed by atoms with E-state index in [0.29, 0.717) is 5.75 Å². The number of hydrogen-bond donors (Lipinski definition) is 1. The Bertz CT molecular complexity index is 1240. The zero-order valence-corrected chi connectivity index (χ0v) is 19.8. The maximum absolute atomic E-state index is 10.7. The van der Waals surface area contributed by atoms with Gasteiger partial charge >= 0.3 is 5.97 Å². The van der Waals surface area contributed by atoms with Gasteiger partial charge < -0.3 is 9.84 Å². The van der Waals surface area contributed by atoms with Crippen molar-refractivity contribution in [1.82, 2.24) is 0 Å². The molecule has 0 saturated carbocycles. The van der Waals surface area contributed by atoms with Crippen molar-refractivity contribution in [1.29, 1.82) is 0 Å². The van der Waals surface area contributed by atoms with Gasteiger partial charge in [-0.05, 0) is 59.0 Å². The van der Waals surface area contributed by atoms with Gasteiger partial charge in [0.15, 0.2) is 6.61 Å². The maximum Gasteiger partial charge on any atom is 0.341 e. The molecule has 0 aromatic heterocycles. The highest BCUT2D eigenvalue weighted by Crippen LogP contribution is 2.29. The first-order valence-electron chi connectivity index (χ1n) is 11.1. The van der Waals surface area contributed by atoms with E-state index in [1.807, 2.05) is 18.2 Å². The van der Waals surface area contributed by atoms with Gasteiger partial charge in [-0.25, -0.2) is 4.79 Å². The number of ether oxygens (including phenoxy) is 1. The molecule has 0 amide bonds. The summed E-state index contributed by atoms with van der Waals surface area (Å²) in [6.45, 7) is 1.76. The number of hydrogen-bond acceptors (Lipinski definition) is 3. The molecule has 170 valence electrons. The monoisotopic (exact) mass is 466 g/mol. The van der Waals surface area contributed by atoms with Gasteiger partial charge in [0.25, 0.3) is 0 Å². The number of aliphatic carboxylic acids is 1. The first kappa shape index (κ1) is 23.4. The van der Waals surface area contributed by atoms with E-state index in [9.17, 15) is 4.79 Å². The first-order chi connectivity index (χ1) is 16.6. The Kier molecular flexibility index (Phi) is 7.84. The Labute approximate surface area is 204 Å². The van der Waals surface area contributed by atoms with Crippen LogP contribution in [0.2, 0.25) is 0 Å². The van der Waals surface area contributed by atoms with Crippen molar-refractivity contribution in [3.05, 3.63) is 126 Å². The maximum atomic E-state index is 10.7. The average molecular weight is 467 g/mol. The van der Waals surface area contributed by atoms with Gasteiger partial charge in [0.1, 0.15) is 5.75 Å². The Morgan fingerprint density at radius 2 is 1.38 bits per heavy atom. The van der Waals surface area contributed by atoms with Crippen LogP contribution >= 0.6 is 11.8 Å². The molecule has 4 rings (SSSR count). The van der Waals surface area contributed by atoms with Gasteiger partial charge in [0, 0.05) is 10.6 Å². The summed E-state index contributed by atoms with van der Waals surface area (Å²) in [6, 6.07) is 35.3. The lowest BCUT2D eigenvalue weighted by molar-refractivity contribution is -0.139. The molecule has 3 nitrogen and oxygen atoms in total. The molecule has 0 fully saturated rings. The van der Waals surface area contributed by atoms with Crippen LogP contribution in [0.5, 0.6) is 5.75 Å². The fourth-order valence-electron chi connectivity index (χ4n) is 3.61. The fourth-order valence-corrected chi connectivity index (χ4v) is 4.38. The number of carbonyl (C=O) groups is 1. The van der Waals surface area contributed by atoms with Crippen LogP contribution in [0.3, 0.4) is 0 Å². The van der Waals surface area contributed by atoms with E-state index in [0.717, 1.165) is 10.6 Å². The molecular weight excluding hydrogens is 440 g/mol. The van der Waals surface area contributed by atoms with Gasteiger partial charge in [0.2, 0.25) is 0 Å². The van der Waals surface area contributed by atoms with Crippen molar-refractivity contribution in [3.63, 3.8) is 0 Å². The van der Waals surface area contributed by atoms with Gasteiger partial charge in [-0.3, -0.25) is 0 Å². The van der Waals surface area contributed by atoms with E-state index >= 15 is 0 Å². The highest BCUT2D eigenvalue weighted by Gasteiger charge is 2.07. The molecule has 0 unspecified atom stereocenters. The number of carboxylic acid groups (broad SMARTS) is 1. The summed E-state index contributed by atoms with van der Waals surface area (Å²) >= 11 is 1.73. The molecule has 1 N–H and O–H groups in total. The van der Waals surface area contributed by atoms with Crippen LogP contribution < -0.4 is 4.74 Å². The van der Waals surface area contributed by atoms with Crippen LogP contribution in [0, 0.1) is 6.92 Å². The molecule has 0 aliphatic rings. The Balaban J connectivity index is 1.52. The van der Waals surface area contributed by atoms with Crippen LogP contribution in [0.15, 0.2) is 114 Å². The first-order valence-corrected chi connectivity index (χ1v) is 12.1. The molecule has 4 aromatic carbocycles. The summed E-state index contributed by atoms with van der Waals surface area (Å²) in [5.41, 5.74) is 7.22. The van der Waals surface area contributed by atoms with Crippen molar-refractivity contribution in [3.8, 4) is 16.9 Å². The van der Waals surface area contributed by atoms with E-state index in [1.165, 1.54) is 33.4 Å². The summed E-state index contributed by atoms with van der Waals surface area (Å²) in [6.07, 6.45) is 2.27. The van der Waals surface area contributed by atoms with Gasteiger partial charge in [-0.1, -0.05) is 90.5 Å². The molecule has 4 aromatic rings. The SMILES string of the molecule is Cc1ccc(/C(=C\CSc2ccc(OCC(=O)O)cc2)c2ccc(-c3ccccc3)cc2)cc1. The second kappa shape index (κ2) is 11.4. The topological polar surface area (TPSA) is 46.5 Å². The van der Waals surface area contributed by atoms with Crippen LogP contribution in [-0.2, 0) is 4.79 Å². The number of aryl methyl sites for hydroxylation is 1. The van der Waals surface area contributed by atoms with Crippen LogP contribution in [-0.4, -0.2) is 23.4 Å². The van der Waals surface area contributed by atoms with Crippen molar-refractivity contribution in [2.24, 2.45) is 0 Å². The summed E-state index contributed by atoms with van der Waals surface area (Å²) in [4.78, 5) is 11.8. The summed E-state index contributed by atoms with van der Waals surface area (Å²) in [7, 11) is 0. The lowest BCUT2D eigenvalue weighted by Gasteiger charge is -2.11. The normalized spacial score (nSPS) is 11.3. The Morgan fingerprint density at radius 1 is 0.794 bits per heavy atom. The largest absolute Gasteiger partial charge is 0.482 e. The van der Waals surface area contributed by atoms with Gasteiger partial charge in [-0.15, -0.1) is 11.8 Å². The number of benzene rings is 4. The summed E-state index contributed by atoms with van der Waals surface area (Å²) in [5.74, 6) is 0.379. The van der Waals surface area contributed by atoms with Crippen LogP contribution in [0.25, 0.3) is 16.7 Å². The number of thioether (sulfide) groups is 1. The highest BCUT2D eigenvalue weighted by molar-refractivity contribution is 7.99. The van der Waals surface area contributed by atoms with Crippen molar-refractivity contribution < 1.29 is 14.6 Å². The van der Waals surface area contributed by atoms with Crippen molar-refractivity contribution in [2.45, 2.75) is 11.8 Å². The highest BCUT2D eigenvalue weighted by atomic mass is 32.2. The molecule has 0 atom stereocenters. The predicted octanol–water partition coefficient (Wildman–Crippen LogP) is 7.35. The molecule has 0 bridgehead atoms. The molecular formula is C30H26O3S. The molecule has 0 aliphatic carbocycles. The minimum absolute atomic E-state index is 0.335. The zero-order valence-electron chi connectivity index (χ0n) is 19.0. The standard InChI is InChI=1S/C30H26O3S/c1-22-7-9-25(10-8-22)29(26-13-11-24(12-14-26)23-5-3-2-4-6-23)19-20-34-28-17-15-27(16-18-28)33-21-30(31)32/h2-19H,20-21H2,1H3,(H,31,32)/b29-19+. The lowest BCUT2D eigenvalue weighted by atomic mass is 9.95. The van der Waals surface area contributed by atoms with E-state index in [2.05, 4.69) is 85.8 Å². The second-order valence-electron chi connectivity index (χ2n) is 7.89.